The van der Waals surface area contributed by atoms with E-state index in [1.807, 2.05) is 0 Å². The van der Waals surface area contributed by atoms with E-state index in [0.29, 0.717) is 0 Å². The minimum Gasteiger partial charge on any atom is -0.379 e. The number of benzene rings is 1. The third-order valence-electron chi connectivity index (χ3n) is 1.51. The van der Waals surface area contributed by atoms with Crippen molar-refractivity contribution in [2.24, 2.45) is 0 Å². The number of rotatable bonds is 1. The van der Waals surface area contributed by atoms with Gasteiger partial charge in [0.05, 0.1) is 0 Å². The normalized spacial score (nSPS) is 14.2. The van der Waals surface area contributed by atoms with Gasteiger partial charge in [0.1, 0.15) is 5.82 Å². The van der Waals surface area contributed by atoms with E-state index < -0.39 is 23.7 Å². The minimum atomic E-state index is -4.83. The molecule has 0 aromatic heterocycles. The molecule has 0 saturated carbocycles. The fourth-order valence-corrected chi connectivity index (χ4v) is 0.873. The first kappa shape index (κ1) is 9.98. The first-order valence-corrected chi connectivity index (χ1v) is 3.42. The largest absolute Gasteiger partial charge is 0.418 e. The summed E-state index contributed by atoms with van der Waals surface area (Å²) < 4.78 is 48.4. The molecule has 0 spiro atoms. The van der Waals surface area contributed by atoms with Crippen molar-refractivity contribution in [3.63, 3.8) is 0 Å². The molecule has 0 bridgehead atoms. The fraction of sp³-hybridized carbons (Fsp3) is 0.250. The molecule has 1 aromatic rings. The maximum absolute atomic E-state index is 12.7. The number of aliphatic hydroxyl groups excluding tert-OH is 1. The van der Waals surface area contributed by atoms with E-state index in [-0.39, 0.29) is 0 Å². The number of aliphatic hydroxyl groups is 1. The molecule has 0 fully saturated rings. The Morgan fingerprint density at radius 2 is 1.69 bits per heavy atom. The molecule has 0 saturated heterocycles. The van der Waals surface area contributed by atoms with Crippen LogP contribution in [0.3, 0.4) is 0 Å². The van der Waals surface area contributed by atoms with Gasteiger partial charge in [0, 0.05) is 5.56 Å². The molecule has 0 aliphatic heterocycles. The average molecular weight is 194 g/mol. The van der Waals surface area contributed by atoms with Crippen LogP contribution in [0.15, 0.2) is 24.3 Å². The number of alkyl halides is 3. The Morgan fingerprint density at radius 3 is 2.15 bits per heavy atom. The Morgan fingerprint density at radius 1 is 1.15 bits per heavy atom. The lowest BCUT2D eigenvalue weighted by Crippen LogP contribution is -2.21. The maximum atomic E-state index is 12.7. The lowest BCUT2D eigenvalue weighted by molar-refractivity contribution is -0.207. The van der Waals surface area contributed by atoms with Crippen molar-refractivity contribution in [1.29, 1.82) is 0 Å². The van der Waals surface area contributed by atoms with Gasteiger partial charge in [-0.25, -0.2) is 4.39 Å². The molecule has 0 unspecified atom stereocenters. The monoisotopic (exact) mass is 194 g/mol. The Hall–Kier alpha value is -1.10. The summed E-state index contributed by atoms with van der Waals surface area (Å²) in [5.74, 6) is -1.06. The average Bonchev–Trinajstić information content (AvgIpc) is 2.02. The SMILES string of the molecule is O[C@@H](c1ccccc1F)C(F)(F)F. The van der Waals surface area contributed by atoms with Gasteiger partial charge in [0.15, 0.2) is 6.10 Å². The Kier molecular flexibility index (Phi) is 2.56. The molecular formula is C8H6F4O. The molecular weight excluding hydrogens is 188 g/mol. The fourth-order valence-electron chi connectivity index (χ4n) is 0.873. The molecule has 0 radical (unpaired) electrons. The van der Waals surface area contributed by atoms with E-state index >= 15 is 0 Å². The zero-order valence-electron chi connectivity index (χ0n) is 6.35. The molecule has 5 heteroatoms. The van der Waals surface area contributed by atoms with Crippen molar-refractivity contribution in [2.45, 2.75) is 12.3 Å². The van der Waals surface area contributed by atoms with E-state index in [4.69, 9.17) is 5.11 Å². The van der Waals surface area contributed by atoms with E-state index in [1.165, 1.54) is 12.1 Å². The molecule has 0 heterocycles. The van der Waals surface area contributed by atoms with Crippen molar-refractivity contribution in [2.75, 3.05) is 0 Å². The molecule has 1 aromatic carbocycles. The van der Waals surface area contributed by atoms with Crippen molar-refractivity contribution in [1.82, 2.24) is 0 Å². The highest BCUT2D eigenvalue weighted by atomic mass is 19.4. The third-order valence-corrected chi connectivity index (χ3v) is 1.51. The second-order valence-corrected chi connectivity index (χ2v) is 2.47. The van der Waals surface area contributed by atoms with Crippen LogP contribution in [0.1, 0.15) is 11.7 Å². The van der Waals surface area contributed by atoms with Gasteiger partial charge in [-0.1, -0.05) is 18.2 Å². The predicted octanol–water partition coefficient (Wildman–Crippen LogP) is 2.42. The Labute approximate surface area is 71.6 Å². The Balaban J connectivity index is 3.02. The number of hydrogen-bond donors (Lipinski definition) is 1. The van der Waals surface area contributed by atoms with Gasteiger partial charge in [-0.2, -0.15) is 13.2 Å². The van der Waals surface area contributed by atoms with Gasteiger partial charge in [0.25, 0.3) is 0 Å². The van der Waals surface area contributed by atoms with Crippen LogP contribution in [-0.2, 0) is 0 Å². The summed E-state index contributed by atoms with van der Waals surface area (Å²) in [5.41, 5.74) is -0.755. The van der Waals surface area contributed by atoms with Crippen LogP contribution < -0.4 is 0 Å². The van der Waals surface area contributed by atoms with Crippen molar-refractivity contribution in [3.8, 4) is 0 Å². The van der Waals surface area contributed by atoms with Crippen molar-refractivity contribution >= 4 is 0 Å². The van der Waals surface area contributed by atoms with E-state index in [2.05, 4.69) is 0 Å². The number of halogens is 4. The molecule has 0 amide bonds. The van der Waals surface area contributed by atoms with Gasteiger partial charge < -0.3 is 5.11 Å². The van der Waals surface area contributed by atoms with Gasteiger partial charge in [0.2, 0.25) is 0 Å². The van der Waals surface area contributed by atoms with E-state index in [0.717, 1.165) is 12.1 Å². The van der Waals surface area contributed by atoms with Crippen LogP contribution in [0.2, 0.25) is 0 Å². The highest BCUT2D eigenvalue weighted by Crippen LogP contribution is 2.33. The number of hydrogen-bond acceptors (Lipinski definition) is 1. The molecule has 13 heavy (non-hydrogen) atoms. The molecule has 0 aliphatic rings. The summed E-state index contributed by atoms with van der Waals surface area (Å²) >= 11 is 0. The summed E-state index contributed by atoms with van der Waals surface area (Å²) in [4.78, 5) is 0. The van der Waals surface area contributed by atoms with Crippen LogP contribution in [0.4, 0.5) is 17.6 Å². The van der Waals surface area contributed by atoms with Crippen LogP contribution in [0.5, 0.6) is 0 Å². The summed E-state index contributed by atoms with van der Waals surface area (Å²) in [6, 6.07) is 4.24. The highest BCUT2D eigenvalue weighted by molar-refractivity contribution is 5.20. The van der Waals surface area contributed by atoms with Gasteiger partial charge in [-0.05, 0) is 6.07 Å². The second kappa shape index (κ2) is 3.33. The first-order valence-electron chi connectivity index (χ1n) is 3.42. The van der Waals surface area contributed by atoms with Gasteiger partial charge in [-0.3, -0.25) is 0 Å². The van der Waals surface area contributed by atoms with Crippen LogP contribution in [0, 0.1) is 5.82 Å². The van der Waals surface area contributed by atoms with E-state index in [9.17, 15) is 17.6 Å². The quantitative estimate of drug-likeness (QED) is 0.680. The highest BCUT2D eigenvalue weighted by Gasteiger charge is 2.40. The zero-order valence-corrected chi connectivity index (χ0v) is 6.35. The van der Waals surface area contributed by atoms with Crippen LogP contribution in [0.25, 0.3) is 0 Å². The molecule has 1 atom stereocenters. The Bertz CT molecular complexity index is 294. The zero-order chi connectivity index (χ0) is 10.1. The summed E-state index contributed by atoms with van der Waals surface area (Å²) in [5, 5.41) is 8.67. The molecule has 0 aliphatic carbocycles. The van der Waals surface area contributed by atoms with Crippen LogP contribution in [-0.4, -0.2) is 11.3 Å². The maximum Gasteiger partial charge on any atom is 0.418 e. The molecule has 1 rings (SSSR count). The van der Waals surface area contributed by atoms with Gasteiger partial charge >= 0.3 is 6.18 Å². The lowest BCUT2D eigenvalue weighted by atomic mass is 10.1. The second-order valence-electron chi connectivity index (χ2n) is 2.47. The third kappa shape index (κ3) is 2.18. The lowest BCUT2D eigenvalue weighted by Gasteiger charge is -2.14. The van der Waals surface area contributed by atoms with E-state index in [1.54, 1.807) is 0 Å². The smallest absolute Gasteiger partial charge is 0.379 e. The first-order chi connectivity index (χ1) is 5.93. The molecule has 72 valence electrons. The van der Waals surface area contributed by atoms with Crippen molar-refractivity contribution < 1.29 is 22.7 Å². The summed E-state index contributed by atoms with van der Waals surface area (Å²) in [6.45, 7) is 0. The standard InChI is InChI=1S/C8H6F4O/c9-6-4-2-1-3-5(6)7(13)8(10,11)12/h1-4,7,13H/t7-/m0/s1. The molecule has 1 nitrogen and oxygen atoms in total. The van der Waals surface area contributed by atoms with Crippen molar-refractivity contribution in [3.05, 3.63) is 35.6 Å². The summed E-state index contributed by atoms with van der Waals surface area (Å²) in [6.07, 6.45) is -7.59. The summed E-state index contributed by atoms with van der Waals surface area (Å²) in [7, 11) is 0. The van der Waals surface area contributed by atoms with Crippen LogP contribution >= 0.6 is 0 Å². The molecule has 1 N–H and O–H groups in total. The van der Waals surface area contributed by atoms with Gasteiger partial charge in [-0.15, -0.1) is 0 Å². The topological polar surface area (TPSA) is 20.2 Å². The minimum absolute atomic E-state index is 0.755. The predicted molar refractivity (Wildman–Crippen MR) is 37.4 cm³/mol.